The zero-order valence-corrected chi connectivity index (χ0v) is 15.4. The second-order valence-corrected chi connectivity index (χ2v) is 6.77. The number of rotatable bonds is 3. The first-order valence-corrected chi connectivity index (χ1v) is 8.72. The number of para-hydroxylation sites is 2. The predicted octanol–water partition coefficient (Wildman–Crippen LogP) is 4.94. The van der Waals surface area contributed by atoms with Crippen LogP contribution in [0.2, 0.25) is 0 Å². The highest BCUT2D eigenvalue weighted by Gasteiger charge is 2.14. The first-order valence-electron chi connectivity index (χ1n) is 7.93. The largest absolute Gasteiger partial charge is 0.337 e. The SMILES string of the molecule is Cc1cc(C)n(-c2nc3ccccc3nc2Nc2ccc(Br)cc2)n1. The summed E-state index contributed by atoms with van der Waals surface area (Å²) in [6, 6.07) is 17.8. The predicted molar refractivity (Wildman–Crippen MR) is 104 cm³/mol. The van der Waals surface area contributed by atoms with Crippen molar-refractivity contribution in [1.82, 2.24) is 19.7 Å². The van der Waals surface area contributed by atoms with Gasteiger partial charge in [0.2, 0.25) is 0 Å². The second-order valence-electron chi connectivity index (χ2n) is 5.86. The van der Waals surface area contributed by atoms with Crippen LogP contribution in [0, 0.1) is 13.8 Å². The molecule has 6 heteroatoms. The van der Waals surface area contributed by atoms with Crippen LogP contribution in [0.25, 0.3) is 16.9 Å². The van der Waals surface area contributed by atoms with Crippen molar-refractivity contribution >= 4 is 38.5 Å². The fourth-order valence-electron chi connectivity index (χ4n) is 2.74. The Bertz CT molecular complexity index is 1050. The van der Waals surface area contributed by atoms with Gasteiger partial charge in [-0.05, 0) is 56.3 Å². The minimum atomic E-state index is 0.673. The van der Waals surface area contributed by atoms with Gasteiger partial charge in [0, 0.05) is 15.9 Å². The molecule has 2 aromatic heterocycles. The third-order valence-electron chi connectivity index (χ3n) is 3.87. The number of nitrogens with zero attached hydrogens (tertiary/aromatic N) is 4. The summed E-state index contributed by atoms with van der Waals surface area (Å²) in [6.45, 7) is 3.99. The molecule has 0 aliphatic rings. The normalized spacial score (nSPS) is 11.0. The van der Waals surface area contributed by atoms with E-state index in [1.807, 2.05) is 73.1 Å². The van der Waals surface area contributed by atoms with E-state index in [1.165, 1.54) is 0 Å². The zero-order valence-electron chi connectivity index (χ0n) is 13.9. The first kappa shape index (κ1) is 15.8. The molecule has 0 unspecified atom stereocenters. The van der Waals surface area contributed by atoms with E-state index in [0.29, 0.717) is 11.6 Å². The molecule has 4 aromatic rings. The van der Waals surface area contributed by atoms with Crippen LogP contribution in [-0.2, 0) is 0 Å². The van der Waals surface area contributed by atoms with Gasteiger partial charge >= 0.3 is 0 Å². The van der Waals surface area contributed by atoms with Crippen LogP contribution in [0.3, 0.4) is 0 Å². The highest BCUT2D eigenvalue weighted by atomic mass is 79.9. The van der Waals surface area contributed by atoms with Gasteiger partial charge in [0.05, 0.1) is 16.7 Å². The molecular formula is C19H16BrN5. The molecular weight excluding hydrogens is 378 g/mol. The fourth-order valence-corrected chi connectivity index (χ4v) is 3.00. The van der Waals surface area contributed by atoms with Gasteiger partial charge < -0.3 is 5.32 Å². The van der Waals surface area contributed by atoms with E-state index in [9.17, 15) is 0 Å². The minimum absolute atomic E-state index is 0.673. The molecule has 0 bridgehead atoms. The van der Waals surface area contributed by atoms with Gasteiger partial charge in [-0.3, -0.25) is 0 Å². The molecule has 5 nitrogen and oxygen atoms in total. The number of aryl methyl sites for hydroxylation is 2. The summed E-state index contributed by atoms with van der Waals surface area (Å²) in [5.41, 5.74) is 4.58. The van der Waals surface area contributed by atoms with Crippen LogP contribution in [-0.4, -0.2) is 19.7 Å². The fraction of sp³-hybridized carbons (Fsp3) is 0.105. The van der Waals surface area contributed by atoms with Gasteiger partial charge in [0.1, 0.15) is 0 Å². The molecule has 1 N–H and O–H groups in total. The number of hydrogen-bond acceptors (Lipinski definition) is 4. The lowest BCUT2D eigenvalue weighted by Crippen LogP contribution is -2.08. The summed E-state index contributed by atoms with van der Waals surface area (Å²) in [4.78, 5) is 9.57. The van der Waals surface area contributed by atoms with Crippen LogP contribution in [0.5, 0.6) is 0 Å². The maximum Gasteiger partial charge on any atom is 0.197 e. The molecule has 0 fully saturated rings. The smallest absolute Gasteiger partial charge is 0.197 e. The molecule has 2 aromatic carbocycles. The Kier molecular flexibility index (Phi) is 3.97. The third-order valence-corrected chi connectivity index (χ3v) is 4.40. The van der Waals surface area contributed by atoms with Gasteiger partial charge in [-0.25, -0.2) is 14.6 Å². The van der Waals surface area contributed by atoms with Crippen molar-refractivity contribution < 1.29 is 0 Å². The Labute approximate surface area is 153 Å². The van der Waals surface area contributed by atoms with Crippen molar-refractivity contribution in [2.24, 2.45) is 0 Å². The van der Waals surface area contributed by atoms with Crippen LogP contribution in [0.4, 0.5) is 11.5 Å². The van der Waals surface area contributed by atoms with Crippen LogP contribution in [0.15, 0.2) is 59.1 Å². The van der Waals surface area contributed by atoms with Gasteiger partial charge in [0.25, 0.3) is 0 Å². The second kappa shape index (κ2) is 6.29. The van der Waals surface area contributed by atoms with E-state index < -0.39 is 0 Å². The summed E-state index contributed by atoms with van der Waals surface area (Å²) in [5.74, 6) is 1.36. The molecule has 0 atom stereocenters. The van der Waals surface area contributed by atoms with Crippen molar-refractivity contribution in [2.75, 3.05) is 5.32 Å². The van der Waals surface area contributed by atoms with E-state index in [2.05, 4.69) is 26.3 Å². The molecule has 2 heterocycles. The van der Waals surface area contributed by atoms with Crippen LogP contribution in [0.1, 0.15) is 11.4 Å². The molecule has 0 saturated heterocycles. The van der Waals surface area contributed by atoms with Gasteiger partial charge in [-0.1, -0.05) is 28.1 Å². The number of fused-ring (bicyclic) bond motifs is 1. The van der Waals surface area contributed by atoms with E-state index >= 15 is 0 Å². The molecule has 25 heavy (non-hydrogen) atoms. The Balaban J connectivity index is 1.89. The molecule has 0 aliphatic heterocycles. The number of nitrogens with one attached hydrogen (secondary N) is 1. The summed E-state index contributed by atoms with van der Waals surface area (Å²) in [7, 11) is 0. The van der Waals surface area contributed by atoms with Crippen LogP contribution < -0.4 is 5.32 Å². The molecule has 0 radical (unpaired) electrons. The maximum absolute atomic E-state index is 4.80. The average molecular weight is 394 g/mol. The van der Waals surface area contributed by atoms with E-state index in [0.717, 1.165) is 32.6 Å². The van der Waals surface area contributed by atoms with Gasteiger partial charge in [-0.15, -0.1) is 0 Å². The molecule has 0 aliphatic carbocycles. The molecule has 0 amide bonds. The molecule has 0 spiro atoms. The lowest BCUT2D eigenvalue weighted by molar-refractivity contribution is 0.808. The number of hydrogen-bond donors (Lipinski definition) is 1. The molecule has 124 valence electrons. The highest BCUT2D eigenvalue weighted by molar-refractivity contribution is 9.10. The van der Waals surface area contributed by atoms with Crippen molar-refractivity contribution in [2.45, 2.75) is 13.8 Å². The van der Waals surface area contributed by atoms with Gasteiger partial charge in [0.15, 0.2) is 11.6 Å². The van der Waals surface area contributed by atoms with Crippen molar-refractivity contribution in [1.29, 1.82) is 0 Å². The van der Waals surface area contributed by atoms with E-state index in [1.54, 1.807) is 0 Å². The maximum atomic E-state index is 4.80. The lowest BCUT2D eigenvalue weighted by atomic mass is 10.3. The van der Waals surface area contributed by atoms with Crippen molar-refractivity contribution in [3.05, 3.63) is 70.5 Å². The summed E-state index contributed by atoms with van der Waals surface area (Å²) < 4.78 is 2.86. The Morgan fingerprint density at radius 1 is 0.920 bits per heavy atom. The third kappa shape index (κ3) is 3.13. The minimum Gasteiger partial charge on any atom is -0.337 e. The average Bonchev–Trinajstić information content (AvgIpc) is 2.94. The highest BCUT2D eigenvalue weighted by Crippen LogP contribution is 2.25. The molecule has 4 rings (SSSR count). The van der Waals surface area contributed by atoms with E-state index in [-0.39, 0.29) is 0 Å². The van der Waals surface area contributed by atoms with Crippen molar-refractivity contribution in [3.8, 4) is 5.82 Å². The number of halogens is 1. The number of aromatic nitrogens is 4. The Hall–Kier alpha value is -2.73. The Morgan fingerprint density at radius 3 is 2.24 bits per heavy atom. The first-order chi connectivity index (χ1) is 12.1. The molecule has 0 saturated carbocycles. The summed E-state index contributed by atoms with van der Waals surface area (Å²) in [5, 5.41) is 7.94. The Morgan fingerprint density at radius 2 is 1.60 bits per heavy atom. The standard InChI is InChI=1S/C19H16BrN5/c1-12-11-13(2)25(24-12)19-18(21-15-9-7-14(20)8-10-15)22-16-5-3-4-6-17(16)23-19/h3-11H,1-2H3,(H,21,22). The van der Waals surface area contributed by atoms with Crippen molar-refractivity contribution in [3.63, 3.8) is 0 Å². The zero-order chi connectivity index (χ0) is 17.4. The quantitative estimate of drug-likeness (QED) is 0.535. The summed E-state index contributed by atoms with van der Waals surface area (Å²) in [6.07, 6.45) is 0. The lowest BCUT2D eigenvalue weighted by Gasteiger charge is -2.13. The van der Waals surface area contributed by atoms with Gasteiger partial charge in [-0.2, -0.15) is 5.10 Å². The van der Waals surface area contributed by atoms with E-state index in [4.69, 9.17) is 9.97 Å². The topological polar surface area (TPSA) is 55.6 Å². The monoisotopic (exact) mass is 393 g/mol. The number of benzene rings is 2. The summed E-state index contributed by atoms with van der Waals surface area (Å²) >= 11 is 3.46. The number of anilines is 2. The van der Waals surface area contributed by atoms with Crippen LogP contribution >= 0.6 is 15.9 Å².